The average molecular weight is 633 g/mol. The number of rotatable bonds is 6. The summed E-state index contributed by atoms with van der Waals surface area (Å²) in [5.41, 5.74) is 10.6. The van der Waals surface area contributed by atoms with Crippen LogP contribution >= 0.6 is 0 Å². The molecule has 2 fully saturated rings. The summed E-state index contributed by atoms with van der Waals surface area (Å²) in [7, 11) is 0. The molecule has 8 rings (SSSR count). The molecule has 3 heteroatoms. The lowest BCUT2D eigenvalue weighted by Crippen LogP contribution is -2.42. The van der Waals surface area contributed by atoms with Crippen molar-refractivity contribution in [1.82, 2.24) is 0 Å². The third-order valence-corrected chi connectivity index (χ3v) is 11.8. The standard InChI is InChI=1S/C45H48N2O/c1-42(2)29-31-17-5-7-19-33(31)40(46-42)44(25-13-14-26-44)37-23-11-9-21-35(37)39(48)36-22-10-12-24-38(36)45(27-15-16-28-45)41-34-20-8-6-18-32(34)30-43(3,4)47-41/h5-12,17-24H,13-16,25-30H2,1-4H3. The van der Waals surface area contributed by atoms with Crippen molar-refractivity contribution in [2.45, 2.75) is 114 Å². The van der Waals surface area contributed by atoms with E-state index in [9.17, 15) is 0 Å². The van der Waals surface area contributed by atoms with Crippen molar-refractivity contribution in [3.05, 3.63) is 142 Å². The van der Waals surface area contributed by atoms with Crippen LogP contribution in [0.5, 0.6) is 0 Å². The molecule has 2 saturated carbocycles. The van der Waals surface area contributed by atoms with E-state index in [-0.39, 0.29) is 27.7 Å². The molecule has 4 aliphatic rings. The monoisotopic (exact) mass is 632 g/mol. The molecular weight excluding hydrogens is 585 g/mol. The summed E-state index contributed by atoms with van der Waals surface area (Å²) in [4.78, 5) is 26.4. The summed E-state index contributed by atoms with van der Waals surface area (Å²) in [6.07, 6.45) is 10.5. The Labute approximate surface area is 286 Å². The van der Waals surface area contributed by atoms with Crippen LogP contribution in [-0.2, 0) is 23.7 Å². The molecule has 0 atom stereocenters. The molecule has 0 spiro atoms. The number of benzene rings is 4. The fraction of sp³-hybridized carbons (Fsp3) is 0.400. The lowest BCUT2D eigenvalue weighted by molar-refractivity contribution is 0.103. The second-order valence-corrected chi connectivity index (χ2v) is 16.2. The van der Waals surface area contributed by atoms with Gasteiger partial charge >= 0.3 is 0 Å². The molecule has 3 nitrogen and oxygen atoms in total. The van der Waals surface area contributed by atoms with Crippen LogP contribution in [0.2, 0.25) is 0 Å². The van der Waals surface area contributed by atoms with E-state index in [2.05, 4.69) is 125 Å². The summed E-state index contributed by atoms with van der Waals surface area (Å²) in [5.74, 6) is 0.131. The van der Waals surface area contributed by atoms with Crippen LogP contribution in [0.4, 0.5) is 0 Å². The zero-order valence-corrected chi connectivity index (χ0v) is 29.1. The number of ketones is 1. The molecule has 0 unspecified atom stereocenters. The van der Waals surface area contributed by atoms with Crippen LogP contribution in [0.15, 0.2) is 107 Å². The smallest absolute Gasteiger partial charge is 0.193 e. The van der Waals surface area contributed by atoms with Crippen LogP contribution in [0, 0.1) is 0 Å². The maximum Gasteiger partial charge on any atom is 0.193 e. The number of hydrogen-bond donors (Lipinski definition) is 0. The highest BCUT2D eigenvalue weighted by molar-refractivity contribution is 6.17. The molecule has 48 heavy (non-hydrogen) atoms. The lowest BCUT2D eigenvalue weighted by atomic mass is 9.66. The number of carbonyl (C=O) groups is 1. The second-order valence-electron chi connectivity index (χ2n) is 16.2. The first-order chi connectivity index (χ1) is 23.1. The first-order valence-electron chi connectivity index (χ1n) is 18.2. The molecule has 2 aliphatic carbocycles. The van der Waals surface area contributed by atoms with Gasteiger partial charge in [0, 0.05) is 22.0 Å². The van der Waals surface area contributed by atoms with Gasteiger partial charge in [-0.3, -0.25) is 14.8 Å². The normalized spacial score (nSPS) is 21.5. The Morgan fingerprint density at radius 3 is 1.27 bits per heavy atom. The van der Waals surface area contributed by atoms with Gasteiger partial charge in [0.25, 0.3) is 0 Å². The van der Waals surface area contributed by atoms with Crippen LogP contribution in [0.3, 0.4) is 0 Å². The summed E-state index contributed by atoms with van der Waals surface area (Å²) < 4.78 is 0. The molecule has 0 saturated heterocycles. The third-order valence-electron chi connectivity index (χ3n) is 11.8. The fourth-order valence-corrected chi connectivity index (χ4v) is 9.84. The third kappa shape index (κ3) is 5.04. The van der Waals surface area contributed by atoms with Gasteiger partial charge in [0.05, 0.1) is 22.5 Å². The van der Waals surface area contributed by atoms with Crippen molar-refractivity contribution in [3.63, 3.8) is 0 Å². The van der Waals surface area contributed by atoms with E-state index < -0.39 is 0 Å². The number of hydrogen-bond acceptors (Lipinski definition) is 3. The van der Waals surface area contributed by atoms with Gasteiger partial charge < -0.3 is 0 Å². The Bertz CT molecular complexity index is 1820. The summed E-state index contributed by atoms with van der Waals surface area (Å²) in [6.45, 7) is 9.03. The largest absolute Gasteiger partial charge is 0.289 e. The quantitative estimate of drug-likeness (QED) is 0.195. The molecule has 244 valence electrons. The minimum absolute atomic E-state index is 0.131. The van der Waals surface area contributed by atoms with E-state index in [0.717, 1.165) is 86.5 Å². The van der Waals surface area contributed by atoms with Gasteiger partial charge in [-0.15, -0.1) is 0 Å². The highest BCUT2D eigenvalue weighted by Crippen LogP contribution is 2.50. The number of carbonyl (C=O) groups excluding carboxylic acids is 1. The van der Waals surface area contributed by atoms with Gasteiger partial charge in [0.15, 0.2) is 5.78 Å². The van der Waals surface area contributed by atoms with E-state index >= 15 is 4.79 Å². The predicted octanol–water partition coefficient (Wildman–Crippen LogP) is 10.2. The van der Waals surface area contributed by atoms with Crippen molar-refractivity contribution in [2.24, 2.45) is 9.98 Å². The van der Waals surface area contributed by atoms with Crippen molar-refractivity contribution in [2.75, 3.05) is 0 Å². The molecular formula is C45H48N2O. The molecule has 0 amide bonds. The Morgan fingerprint density at radius 1 is 0.500 bits per heavy atom. The Hall–Kier alpha value is -4.11. The van der Waals surface area contributed by atoms with Crippen LogP contribution in [0.1, 0.15) is 128 Å². The number of aliphatic imine (C=N–C) groups is 2. The predicted molar refractivity (Wildman–Crippen MR) is 198 cm³/mol. The molecule has 0 aromatic heterocycles. The summed E-state index contributed by atoms with van der Waals surface area (Å²) in [5, 5.41) is 0. The topological polar surface area (TPSA) is 41.8 Å². The zero-order valence-electron chi connectivity index (χ0n) is 29.1. The van der Waals surface area contributed by atoms with Gasteiger partial charge in [-0.1, -0.05) is 123 Å². The maximum absolute atomic E-state index is 15.3. The summed E-state index contributed by atoms with van der Waals surface area (Å²) in [6, 6.07) is 34.7. The minimum atomic E-state index is -0.295. The first kappa shape index (κ1) is 31.2. The van der Waals surface area contributed by atoms with Crippen molar-refractivity contribution in [3.8, 4) is 0 Å². The van der Waals surface area contributed by atoms with Gasteiger partial charge in [-0.2, -0.15) is 0 Å². The molecule has 4 aromatic rings. The number of nitrogens with zero attached hydrogens (tertiary/aromatic N) is 2. The molecule has 0 N–H and O–H groups in total. The molecule has 0 radical (unpaired) electrons. The van der Waals surface area contributed by atoms with Crippen LogP contribution in [0.25, 0.3) is 0 Å². The number of fused-ring (bicyclic) bond motifs is 2. The highest BCUT2D eigenvalue weighted by Gasteiger charge is 2.48. The zero-order chi connectivity index (χ0) is 33.1. The van der Waals surface area contributed by atoms with Gasteiger partial charge in [-0.25, -0.2) is 0 Å². The van der Waals surface area contributed by atoms with E-state index in [1.165, 1.54) is 33.7 Å². The maximum atomic E-state index is 15.3. The Morgan fingerprint density at radius 2 is 0.854 bits per heavy atom. The van der Waals surface area contributed by atoms with E-state index in [0.29, 0.717) is 0 Å². The lowest BCUT2D eigenvalue weighted by Gasteiger charge is -2.40. The second kappa shape index (κ2) is 11.5. The molecule has 2 heterocycles. The first-order valence-corrected chi connectivity index (χ1v) is 18.2. The molecule has 2 aliphatic heterocycles. The SMILES string of the molecule is CC1(C)Cc2ccccc2C(C2(c3ccccc3C(=O)c3ccccc3C3(C4=NC(C)(C)Cc5ccccc54)CCCC3)CCCC2)=N1. The van der Waals surface area contributed by atoms with Crippen LogP contribution < -0.4 is 0 Å². The van der Waals surface area contributed by atoms with Gasteiger partial charge in [-0.05, 0) is 99.6 Å². The Kier molecular flexibility index (Phi) is 7.47. The molecule has 4 aromatic carbocycles. The summed E-state index contributed by atoms with van der Waals surface area (Å²) >= 11 is 0. The van der Waals surface area contributed by atoms with Crippen molar-refractivity contribution < 1.29 is 4.79 Å². The Balaban J connectivity index is 1.29. The van der Waals surface area contributed by atoms with Crippen LogP contribution in [-0.4, -0.2) is 28.3 Å². The minimum Gasteiger partial charge on any atom is -0.289 e. The molecule has 0 bridgehead atoms. The van der Waals surface area contributed by atoms with E-state index in [1.807, 2.05) is 0 Å². The van der Waals surface area contributed by atoms with Crippen molar-refractivity contribution >= 4 is 17.2 Å². The van der Waals surface area contributed by atoms with E-state index in [1.54, 1.807) is 0 Å². The van der Waals surface area contributed by atoms with Crippen molar-refractivity contribution in [1.29, 1.82) is 0 Å². The van der Waals surface area contributed by atoms with Gasteiger partial charge in [0.1, 0.15) is 0 Å². The van der Waals surface area contributed by atoms with Gasteiger partial charge in [0.2, 0.25) is 0 Å². The van der Waals surface area contributed by atoms with E-state index in [4.69, 9.17) is 9.98 Å². The average Bonchev–Trinajstić information content (AvgIpc) is 3.79. The highest BCUT2D eigenvalue weighted by atomic mass is 16.1. The fourth-order valence-electron chi connectivity index (χ4n) is 9.84.